The van der Waals surface area contributed by atoms with Gasteiger partial charge in [0.25, 0.3) is 0 Å². The number of ether oxygens (including phenoxy) is 1. The van der Waals surface area contributed by atoms with Crippen molar-refractivity contribution in [3.05, 3.63) is 24.1 Å². The van der Waals surface area contributed by atoms with E-state index in [9.17, 15) is 4.79 Å². The fourth-order valence-electron chi connectivity index (χ4n) is 1.43. The summed E-state index contributed by atoms with van der Waals surface area (Å²) in [6.45, 7) is 5.42. The second kappa shape index (κ2) is 10.3. The number of carbonyl (C=O) groups is 1. The van der Waals surface area contributed by atoms with Crippen LogP contribution in [0.5, 0.6) is 0 Å². The SMILES string of the molecule is CC/C=C(/OCCNC(C)/C=C/C(=O)N(C)C)N(C)C. The average molecular weight is 283 g/mol. The zero-order valence-electron chi connectivity index (χ0n) is 13.6. The molecule has 0 fully saturated rings. The number of allylic oxidation sites excluding steroid dienone is 1. The van der Waals surface area contributed by atoms with Gasteiger partial charge in [-0.3, -0.25) is 4.79 Å². The molecule has 5 heteroatoms. The van der Waals surface area contributed by atoms with Crippen molar-refractivity contribution in [3.8, 4) is 0 Å². The van der Waals surface area contributed by atoms with Crippen LogP contribution in [0.15, 0.2) is 24.1 Å². The van der Waals surface area contributed by atoms with E-state index < -0.39 is 0 Å². The fraction of sp³-hybridized carbons (Fsp3) is 0.667. The lowest BCUT2D eigenvalue weighted by Gasteiger charge is -2.18. The molecule has 0 spiro atoms. The second-order valence-corrected chi connectivity index (χ2v) is 5.03. The summed E-state index contributed by atoms with van der Waals surface area (Å²) in [7, 11) is 7.41. The van der Waals surface area contributed by atoms with Crippen molar-refractivity contribution in [2.75, 3.05) is 41.3 Å². The number of likely N-dealkylation sites (N-methyl/N-ethyl adjacent to an activating group) is 1. The van der Waals surface area contributed by atoms with Gasteiger partial charge < -0.3 is 19.9 Å². The lowest BCUT2D eigenvalue weighted by atomic mass is 10.3. The molecule has 0 saturated heterocycles. The molecule has 1 unspecified atom stereocenters. The molecule has 0 heterocycles. The largest absolute Gasteiger partial charge is 0.478 e. The van der Waals surface area contributed by atoms with Gasteiger partial charge >= 0.3 is 0 Å². The Labute approximate surface area is 123 Å². The summed E-state index contributed by atoms with van der Waals surface area (Å²) in [5, 5.41) is 3.29. The van der Waals surface area contributed by atoms with E-state index in [1.165, 1.54) is 0 Å². The van der Waals surface area contributed by atoms with Crippen LogP contribution in [-0.4, -0.2) is 63.1 Å². The number of hydrogen-bond acceptors (Lipinski definition) is 4. The standard InChI is InChI=1S/C15H29N3O2/c1-7-8-15(18(5)6)20-12-11-16-13(2)9-10-14(19)17(3)4/h8-10,13,16H,7,11-12H2,1-6H3/b10-9+,15-8+. The van der Waals surface area contributed by atoms with Crippen molar-refractivity contribution in [1.29, 1.82) is 0 Å². The maximum atomic E-state index is 11.4. The van der Waals surface area contributed by atoms with E-state index >= 15 is 0 Å². The molecule has 0 aromatic rings. The van der Waals surface area contributed by atoms with Gasteiger partial charge in [0.1, 0.15) is 6.61 Å². The maximum absolute atomic E-state index is 11.4. The average Bonchev–Trinajstić information content (AvgIpc) is 2.38. The first-order chi connectivity index (χ1) is 9.38. The highest BCUT2D eigenvalue weighted by Gasteiger charge is 2.02. The Hall–Kier alpha value is -1.49. The Bertz CT molecular complexity index is 336. The van der Waals surface area contributed by atoms with E-state index in [1.807, 2.05) is 32.0 Å². The van der Waals surface area contributed by atoms with Crippen LogP contribution >= 0.6 is 0 Å². The van der Waals surface area contributed by atoms with Gasteiger partial charge in [-0.05, 0) is 19.4 Å². The Morgan fingerprint density at radius 3 is 2.40 bits per heavy atom. The van der Waals surface area contributed by atoms with E-state index in [0.29, 0.717) is 6.61 Å². The summed E-state index contributed by atoms with van der Waals surface area (Å²) in [6.07, 6.45) is 6.45. The zero-order valence-corrected chi connectivity index (χ0v) is 13.6. The van der Waals surface area contributed by atoms with E-state index in [0.717, 1.165) is 18.8 Å². The molecule has 0 aliphatic carbocycles. The van der Waals surface area contributed by atoms with Crippen molar-refractivity contribution < 1.29 is 9.53 Å². The van der Waals surface area contributed by atoms with Crippen LogP contribution < -0.4 is 5.32 Å². The second-order valence-electron chi connectivity index (χ2n) is 5.03. The minimum Gasteiger partial charge on any atom is -0.478 e. The number of hydrogen-bond donors (Lipinski definition) is 1. The first-order valence-electron chi connectivity index (χ1n) is 7.01. The topological polar surface area (TPSA) is 44.8 Å². The molecule has 0 saturated carbocycles. The highest BCUT2D eigenvalue weighted by Crippen LogP contribution is 2.01. The molecule has 0 aliphatic heterocycles. The molecule has 0 radical (unpaired) electrons. The van der Waals surface area contributed by atoms with Gasteiger partial charge in [-0.25, -0.2) is 0 Å². The molecule has 1 amide bonds. The predicted octanol–water partition coefficient (Wildman–Crippen LogP) is 1.44. The third-order valence-electron chi connectivity index (χ3n) is 2.61. The monoisotopic (exact) mass is 283 g/mol. The van der Waals surface area contributed by atoms with Gasteiger partial charge in [-0.1, -0.05) is 13.0 Å². The molecule has 1 atom stereocenters. The van der Waals surface area contributed by atoms with Crippen molar-refractivity contribution >= 4 is 5.91 Å². The minimum atomic E-state index is -0.00401. The van der Waals surface area contributed by atoms with Gasteiger partial charge in [0.15, 0.2) is 5.88 Å². The third-order valence-corrected chi connectivity index (χ3v) is 2.61. The summed E-state index contributed by atoms with van der Waals surface area (Å²) in [5.74, 6) is 0.885. The molecule has 0 aromatic heterocycles. The third kappa shape index (κ3) is 8.58. The first-order valence-corrected chi connectivity index (χ1v) is 7.01. The lowest BCUT2D eigenvalue weighted by Crippen LogP contribution is -2.29. The van der Waals surface area contributed by atoms with Gasteiger partial charge in [-0.15, -0.1) is 0 Å². The normalized spacial score (nSPS) is 13.4. The quantitative estimate of drug-likeness (QED) is 0.395. The van der Waals surface area contributed by atoms with Gasteiger partial charge in [0.05, 0.1) is 0 Å². The summed E-state index contributed by atoms with van der Waals surface area (Å²) in [4.78, 5) is 14.9. The molecule has 5 nitrogen and oxygen atoms in total. The molecular weight excluding hydrogens is 254 g/mol. The number of nitrogens with zero attached hydrogens (tertiary/aromatic N) is 2. The highest BCUT2D eigenvalue weighted by atomic mass is 16.5. The van der Waals surface area contributed by atoms with E-state index in [4.69, 9.17) is 4.74 Å². The first kappa shape index (κ1) is 18.5. The van der Waals surface area contributed by atoms with Crippen LogP contribution in [0.1, 0.15) is 20.3 Å². The van der Waals surface area contributed by atoms with E-state index in [-0.39, 0.29) is 11.9 Å². The number of amides is 1. The fourth-order valence-corrected chi connectivity index (χ4v) is 1.43. The van der Waals surface area contributed by atoms with E-state index in [1.54, 1.807) is 25.1 Å². The summed E-state index contributed by atoms with van der Waals surface area (Å²) in [6, 6.07) is 0.139. The van der Waals surface area contributed by atoms with Crippen LogP contribution in [0.3, 0.4) is 0 Å². The van der Waals surface area contributed by atoms with Crippen LogP contribution in [0.25, 0.3) is 0 Å². The van der Waals surface area contributed by atoms with Gasteiger partial charge in [0.2, 0.25) is 5.91 Å². The number of rotatable bonds is 9. The predicted molar refractivity (Wildman–Crippen MR) is 83.3 cm³/mol. The molecule has 116 valence electrons. The van der Waals surface area contributed by atoms with Crippen molar-refractivity contribution in [2.24, 2.45) is 0 Å². The Balaban J connectivity index is 3.95. The molecule has 0 rings (SSSR count). The van der Waals surface area contributed by atoms with Crippen molar-refractivity contribution in [1.82, 2.24) is 15.1 Å². The number of carbonyl (C=O) groups excluding carboxylic acids is 1. The summed E-state index contributed by atoms with van der Waals surface area (Å²) >= 11 is 0. The Morgan fingerprint density at radius 2 is 1.90 bits per heavy atom. The highest BCUT2D eigenvalue weighted by molar-refractivity contribution is 5.87. The summed E-state index contributed by atoms with van der Waals surface area (Å²) < 4.78 is 5.68. The molecule has 0 aromatic carbocycles. The van der Waals surface area contributed by atoms with Crippen molar-refractivity contribution in [2.45, 2.75) is 26.3 Å². The molecule has 0 aliphatic rings. The van der Waals surface area contributed by atoms with Crippen molar-refractivity contribution in [3.63, 3.8) is 0 Å². The minimum absolute atomic E-state index is 0.00401. The summed E-state index contributed by atoms with van der Waals surface area (Å²) in [5.41, 5.74) is 0. The Morgan fingerprint density at radius 1 is 1.25 bits per heavy atom. The maximum Gasteiger partial charge on any atom is 0.245 e. The van der Waals surface area contributed by atoms with Crippen LogP contribution in [0.2, 0.25) is 0 Å². The number of nitrogens with one attached hydrogen (secondary N) is 1. The smallest absolute Gasteiger partial charge is 0.245 e. The molecule has 20 heavy (non-hydrogen) atoms. The molecule has 0 bridgehead atoms. The van der Waals surface area contributed by atoms with Crippen LogP contribution in [0.4, 0.5) is 0 Å². The Kier molecular flexibility index (Phi) is 9.55. The van der Waals surface area contributed by atoms with Gasteiger partial charge in [0, 0.05) is 46.9 Å². The molecular formula is C15H29N3O2. The molecule has 1 N–H and O–H groups in total. The zero-order chi connectivity index (χ0) is 15.5. The van der Waals surface area contributed by atoms with Crippen LogP contribution in [0, 0.1) is 0 Å². The van der Waals surface area contributed by atoms with Crippen LogP contribution in [-0.2, 0) is 9.53 Å². The van der Waals surface area contributed by atoms with E-state index in [2.05, 4.69) is 18.3 Å². The lowest BCUT2D eigenvalue weighted by molar-refractivity contribution is -0.123. The van der Waals surface area contributed by atoms with Gasteiger partial charge in [-0.2, -0.15) is 0 Å².